The van der Waals surface area contributed by atoms with Crippen LogP contribution < -0.4 is 0 Å². The largest absolute Gasteiger partial charge is 2.00 e. The van der Waals surface area contributed by atoms with Gasteiger partial charge < -0.3 is 30.6 Å². The Morgan fingerprint density at radius 2 is 0.636 bits per heavy atom. The Hall–Kier alpha value is -4.48. The Morgan fingerprint density at radius 3 is 0.758 bits per heavy atom. The van der Waals surface area contributed by atoms with E-state index in [0.29, 0.717) is 0 Å². The van der Waals surface area contributed by atoms with Crippen molar-refractivity contribution >= 4 is 0 Å². The Morgan fingerprint density at radius 1 is 0.455 bits per heavy atom. The molecule has 0 aromatic carbocycles. The summed E-state index contributed by atoms with van der Waals surface area (Å²) in [6.45, 7) is 0. The van der Waals surface area contributed by atoms with Gasteiger partial charge in [-0.05, 0) is 48.5 Å². The molecule has 4 heterocycles. The Bertz CT molecular complexity index is 878. The second kappa shape index (κ2) is 17.2. The summed E-state index contributed by atoms with van der Waals surface area (Å²) in [4.78, 5) is 33.2. The molecule has 33 heavy (non-hydrogen) atoms. The van der Waals surface area contributed by atoms with Crippen LogP contribution in [0.3, 0.4) is 0 Å². The van der Waals surface area contributed by atoms with Crippen LogP contribution in [0, 0.1) is 30.6 Å². The van der Waals surface area contributed by atoms with Gasteiger partial charge in [-0.1, -0.05) is 24.3 Å². The summed E-state index contributed by atoms with van der Waals surface area (Å²) in [5.74, 6) is 0. The zero-order valence-corrected chi connectivity index (χ0v) is 17.6. The van der Waals surface area contributed by atoms with Gasteiger partial charge in [0.25, 0.3) is 0 Å². The molecule has 0 bridgehead atoms. The van der Waals surface area contributed by atoms with Crippen LogP contribution in [0.1, 0.15) is 0 Å². The molecule has 12 nitrogen and oxygen atoms in total. The first-order chi connectivity index (χ1) is 15.4. The van der Waals surface area contributed by atoms with Crippen LogP contribution in [0.5, 0.6) is 0 Å². The van der Waals surface area contributed by atoms with Gasteiger partial charge in [0.2, 0.25) is 0 Å². The molecular weight excluding hydrogens is 484 g/mol. The van der Waals surface area contributed by atoms with Crippen LogP contribution in [0.2, 0.25) is 0 Å². The number of nitrogens with zero attached hydrogens (tertiary/aromatic N) is 6. The molecule has 0 saturated heterocycles. The summed E-state index contributed by atoms with van der Waals surface area (Å²) < 4.78 is 0. The fourth-order valence-electron chi connectivity index (χ4n) is 2.06. The number of aromatic nitrogens is 4. The van der Waals surface area contributed by atoms with Crippen LogP contribution >= 0.6 is 0 Å². The Labute approximate surface area is 198 Å². The maximum Gasteiger partial charge on any atom is 2.00 e. The van der Waals surface area contributed by atoms with Gasteiger partial charge in [0.05, 0.1) is 32.9 Å². The summed E-state index contributed by atoms with van der Waals surface area (Å²) in [7, 11) is 0. The molecule has 0 atom stereocenters. The van der Waals surface area contributed by atoms with Crippen molar-refractivity contribution in [3.8, 4) is 22.8 Å². The van der Waals surface area contributed by atoms with E-state index >= 15 is 0 Å². The van der Waals surface area contributed by atoms with Gasteiger partial charge in [0.1, 0.15) is 0 Å². The molecular formula is C20H16CuN6O6. The molecule has 0 aliphatic carbocycles. The summed E-state index contributed by atoms with van der Waals surface area (Å²) in [6, 6.07) is 23.2. The molecule has 4 rings (SSSR count). The van der Waals surface area contributed by atoms with Crippen molar-refractivity contribution in [1.29, 1.82) is 0 Å². The summed E-state index contributed by atoms with van der Waals surface area (Å²) in [5, 5.41) is 29.5. The normalized spacial score (nSPS) is 8.48. The van der Waals surface area contributed by atoms with E-state index in [1.165, 1.54) is 0 Å². The summed E-state index contributed by atoms with van der Waals surface area (Å²) in [5.41, 5.74) is 3.66. The van der Waals surface area contributed by atoms with Crippen molar-refractivity contribution in [2.75, 3.05) is 0 Å². The number of hydrogen-bond acceptors (Lipinski definition) is 10. The van der Waals surface area contributed by atoms with E-state index in [-0.39, 0.29) is 17.1 Å². The van der Waals surface area contributed by atoms with Crippen molar-refractivity contribution in [3.63, 3.8) is 0 Å². The van der Waals surface area contributed by atoms with Gasteiger partial charge in [-0.3, -0.25) is 19.9 Å². The zero-order chi connectivity index (χ0) is 23.6. The van der Waals surface area contributed by atoms with Crippen LogP contribution in [0.25, 0.3) is 22.8 Å². The third kappa shape index (κ3) is 14.2. The Kier molecular flexibility index (Phi) is 14.9. The standard InChI is InChI=1S/2C10H8N2.Cu.2NO3/c2*1-3-7-11-9(5-1)10-6-2-4-8-12-10;;2*2-1(3)4/h2*1-8H;;;/q;;+2;2*-1. The first-order valence-corrected chi connectivity index (χ1v) is 8.68. The SMILES string of the molecule is O=[N+]([O-])[O-].O=[N+]([O-])[O-].[Cu+2].c1ccc(-c2ccccn2)nc1.c1ccc(-c2ccccn2)nc1. The van der Waals surface area contributed by atoms with Crippen LogP contribution in [-0.2, 0) is 17.1 Å². The van der Waals surface area contributed by atoms with Gasteiger partial charge in [0.15, 0.2) is 0 Å². The molecule has 4 aromatic rings. The quantitative estimate of drug-likeness (QED) is 0.223. The molecule has 0 N–H and O–H groups in total. The number of rotatable bonds is 2. The molecule has 0 unspecified atom stereocenters. The minimum atomic E-state index is -1.75. The third-order valence-electron chi connectivity index (χ3n) is 3.18. The monoisotopic (exact) mass is 499 g/mol. The molecule has 4 aromatic heterocycles. The molecule has 173 valence electrons. The Balaban J connectivity index is 0.000000462. The summed E-state index contributed by atoms with van der Waals surface area (Å²) in [6.07, 6.45) is 7.07. The fourth-order valence-corrected chi connectivity index (χ4v) is 2.06. The molecule has 0 saturated carbocycles. The van der Waals surface area contributed by atoms with Crippen molar-refractivity contribution in [2.45, 2.75) is 0 Å². The molecule has 0 aliphatic heterocycles. The molecule has 0 fully saturated rings. The van der Waals surface area contributed by atoms with Gasteiger partial charge >= 0.3 is 17.1 Å². The van der Waals surface area contributed by atoms with Crippen LogP contribution in [0.15, 0.2) is 97.6 Å². The van der Waals surface area contributed by atoms with E-state index in [2.05, 4.69) is 19.9 Å². The smallest absolute Gasteiger partial charge is 0.356 e. The van der Waals surface area contributed by atoms with E-state index in [9.17, 15) is 0 Å². The first kappa shape index (κ1) is 28.5. The third-order valence-corrected chi connectivity index (χ3v) is 3.18. The van der Waals surface area contributed by atoms with Crippen LogP contribution in [0.4, 0.5) is 0 Å². The average molecular weight is 500 g/mol. The number of pyridine rings is 4. The van der Waals surface area contributed by atoms with Gasteiger partial charge in [-0.2, -0.15) is 0 Å². The minimum absolute atomic E-state index is 0. The van der Waals surface area contributed by atoms with Gasteiger partial charge in [-0.25, -0.2) is 0 Å². The van der Waals surface area contributed by atoms with Crippen molar-refractivity contribution < 1.29 is 27.2 Å². The van der Waals surface area contributed by atoms with E-state index in [1.54, 1.807) is 24.8 Å². The van der Waals surface area contributed by atoms with Crippen molar-refractivity contribution in [3.05, 3.63) is 128 Å². The minimum Gasteiger partial charge on any atom is -0.356 e. The topological polar surface area (TPSA) is 184 Å². The predicted octanol–water partition coefficient (Wildman–Crippen LogP) is 3.81. The molecule has 0 aliphatic rings. The maximum atomic E-state index is 8.25. The fraction of sp³-hybridized carbons (Fsp3) is 0. The van der Waals surface area contributed by atoms with Crippen LogP contribution in [-0.4, -0.2) is 30.1 Å². The second-order valence-corrected chi connectivity index (χ2v) is 5.31. The molecule has 0 amide bonds. The summed E-state index contributed by atoms with van der Waals surface area (Å²) >= 11 is 0. The average Bonchev–Trinajstić information content (AvgIpc) is 2.81. The van der Waals surface area contributed by atoms with Crippen molar-refractivity contribution in [1.82, 2.24) is 19.9 Å². The van der Waals surface area contributed by atoms with E-state index in [0.717, 1.165) is 22.8 Å². The van der Waals surface area contributed by atoms with Gasteiger partial charge in [0, 0.05) is 24.8 Å². The first-order valence-electron chi connectivity index (χ1n) is 8.68. The molecule has 13 heteroatoms. The second-order valence-electron chi connectivity index (χ2n) is 5.31. The van der Waals surface area contributed by atoms with Gasteiger partial charge in [-0.15, -0.1) is 0 Å². The predicted molar refractivity (Wildman–Crippen MR) is 116 cm³/mol. The molecule has 0 spiro atoms. The van der Waals surface area contributed by atoms with E-state index in [1.807, 2.05) is 72.8 Å². The molecule has 1 radical (unpaired) electrons. The zero-order valence-electron chi connectivity index (χ0n) is 16.7. The maximum absolute atomic E-state index is 8.25. The van der Waals surface area contributed by atoms with Crippen molar-refractivity contribution in [2.24, 2.45) is 0 Å². The van der Waals surface area contributed by atoms with E-state index in [4.69, 9.17) is 30.6 Å². The number of hydrogen-bond donors (Lipinski definition) is 0. The van der Waals surface area contributed by atoms with E-state index < -0.39 is 10.2 Å².